The number of nitrogens with zero attached hydrogens (tertiary/aromatic N) is 4. The first-order valence-corrected chi connectivity index (χ1v) is 9.02. The van der Waals surface area contributed by atoms with Gasteiger partial charge in [0, 0.05) is 12.1 Å². The van der Waals surface area contributed by atoms with Gasteiger partial charge < -0.3 is 4.74 Å². The fraction of sp³-hybridized carbons (Fsp3) is 0.368. The van der Waals surface area contributed by atoms with Gasteiger partial charge in [-0.05, 0) is 37.5 Å². The van der Waals surface area contributed by atoms with Gasteiger partial charge in [-0.15, -0.1) is 0 Å². The van der Waals surface area contributed by atoms with Gasteiger partial charge in [-0.2, -0.15) is 0 Å². The minimum absolute atomic E-state index is 0.0939. The van der Waals surface area contributed by atoms with E-state index in [2.05, 4.69) is 15.0 Å². The van der Waals surface area contributed by atoms with Gasteiger partial charge in [0.25, 0.3) is 5.56 Å². The molecule has 1 saturated carbocycles. The van der Waals surface area contributed by atoms with Crippen molar-refractivity contribution in [3.8, 4) is 17.0 Å². The fourth-order valence-electron chi connectivity index (χ4n) is 3.11. The summed E-state index contributed by atoms with van der Waals surface area (Å²) in [5, 5.41) is 0.513. The molecule has 0 bridgehead atoms. The first-order chi connectivity index (χ1) is 12.6. The lowest BCUT2D eigenvalue weighted by atomic mass is 10.1. The van der Waals surface area contributed by atoms with Gasteiger partial charge in [0.15, 0.2) is 5.65 Å². The summed E-state index contributed by atoms with van der Waals surface area (Å²) in [7, 11) is 1.59. The van der Waals surface area contributed by atoms with Crippen LogP contribution in [-0.4, -0.2) is 26.6 Å². The van der Waals surface area contributed by atoms with Crippen LogP contribution in [0.25, 0.3) is 22.4 Å². The van der Waals surface area contributed by atoms with E-state index in [0.717, 1.165) is 17.9 Å². The predicted octanol–water partition coefficient (Wildman–Crippen LogP) is 3.62. The molecule has 0 saturated heterocycles. The molecule has 0 spiro atoms. The molecular weight excluding hydrogens is 352 g/mol. The van der Waals surface area contributed by atoms with Crippen LogP contribution in [0.15, 0.2) is 29.3 Å². The lowest BCUT2D eigenvalue weighted by Gasteiger charge is -2.13. The van der Waals surface area contributed by atoms with Crippen molar-refractivity contribution in [2.75, 3.05) is 7.11 Å². The Morgan fingerprint density at radius 3 is 2.81 bits per heavy atom. The van der Waals surface area contributed by atoms with Crippen molar-refractivity contribution in [2.45, 2.75) is 32.7 Å². The summed E-state index contributed by atoms with van der Waals surface area (Å²) in [5.74, 6) is 1.39. The van der Waals surface area contributed by atoms with E-state index in [1.165, 1.54) is 19.2 Å². The van der Waals surface area contributed by atoms with Crippen LogP contribution in [0.4, 0.5) is 0 Å². The minimum Gasteiger partial charge on any atom is -0.497 e. The monoisotopic (exact) mass is 370 g/mol. The lowest BCUT2D eigenvalue weighted by Crippen LogP contribution is -2.25. The van der Waals surface area contributed by atoms with Crippen LogP contribution in [0.1, 0.15) is 25.0 Å². The minimum atomic E-state index is -0.0939. The van der Waals surface area contributed by atoms with Gasteiger partial charge in [-0.25, -0.2) is 15.0 Å². The predicted molar refractivity (Wildman–Crippen MR) is 101 cm³/mol. The third-order valence-corrected chi connectivity index (χ3v) is 5.09. The second kappa shape index (κ2) is 6.68. The molecule has 134 valence electrons. The molecule has 26 heavy (non-hydrogen) atoms. The molecule has 0 amide bonds. The summed E-state index contributed by atoms with van der Waals surface area (Å²) >= 11 is 6.43. The topological polar surface area (TPSA) is 69.9 Å². The van der Waals surface area contributed by atoms with E-state index in [1.54, 1.807) is 24.7 Å². The number of methoxy groups -OCH3 is 1. The first-order valence-electron chi connectivity index (χ1n) is 8.64. The molecule has 2 aromatic heterocycles. The fourth-order valence-corrected chi connectivity index (χ4v) is 3.37. The van der Waals surface area contributed by atoms with Gasteiger partial charge in [0.2, 0.25) is 0 Å². The maximum absolute atomic E-state index is 12.6. The molecular formula is C19H19ClN4O2. The van der Waals surface area contributed by atoms with Crippen molar-refractivity contribution in [2.24, 2.45) is 5.92 Å². The smallest absolute Gasteiger partial charge is 0.273 e. The summed E-state index contributed by atoms with van der Waals surface area (Å²) in [4.78, 5) is 25.9. The first kappa shape index (κ1) is 17.0. The van der Waals surface area contributed by atoms with Gasteiger partial charge in [0.05, 0.1) is 12.1 Å². The van der Waals surface area contributed by atoms with Gasteiger partial charge in [-0.3, -0.25) is 9.36 Å². The largest absolute Gasteiger partial charge is 0.497 e. The standard InChI is InChI=1S/C19H19ClN4O2/c1-11-19(25)24(8-7-12-3-4-12)18-17(23-11)16(21-10-22-18)14-6-5-13(26-2)9-15(14)20/h5-6,9-10,12H,3-4,7-8H2,1-2H3. The van der Waals surface area contributed by atoms with E-state index >= 15 is 0 Å². The highest BCUT2D eigenvalue weighted by molar-refractivity contribution is 6.33. The number of ether oxygens (including phenoxy) is 1. The maximum atomic E-state index is 12.6. The zero-order chi connectivity index (χ0) is 18.3. The molecule has 0 radical (unpaired) electrons. The Labute approximate surface area is 155 Å². The highest BCUT2D eigenvalue weighted by atomic mass is 35.5. The van der Waals surface area contributed by atoms with Crippen molar-refractivity contribution < 1.29 is 4.74 Å². The molecule has 1 aliphatic carbocycles. The molecule has 7 heteroatoms. The maximum Gasteiger partial charge on any atom is 0.273 e. The van der Waals surface area contributed by atoms with Crippen molar-refractivity contribution in [1.29, 1.82) is 0 Å². The number of rotatable bonds is 5. The summed E-state index contributed by atoms with van der Waals surface area (Å²) < 4.78 is 6.93. The lowest BCUT2D eigenvalue weighted by molar-refractivity contribution is 0.415. The van der Waals surface area contributed by atoms with Crippen LogP contribution in [0.5, 0.6) is 5.75 Å². The third-order valence-electron chi connectivity index (χ3n) is 4.78. The van der Waals surface area contributed by atoms with E-state index in [4.69, 9.17) is 16.3 Å². The van der Waals surface area contributed by atoms with Crippen molar-refractivity contribution in [3.63, 3.8) is 0 Å². The van der Waals surface area contributed by atoms with E-state index < -0.39 is 0 Å². The Morgan fingerprint density at radius 1 is 1.31 bits per heavy atom. The van der Waals surface area contributed by atoms with E-state index in [-0.39, 0.29) is 5.56 Å². The van der Waals surface area contributed by atoms with Crippen LogP contribution < -0.4 is 10.3 Å². The molecule has 0 unspecified atom stereocenters. The summed E-state index contributed by atoms with van der Waals surface area (Å²) in [6.45, 7) is 2.37. The second-order valence-electron chi connectivity index (χ2n) is 6.63. The average molecular weight is 371 g/mol. The number of hydrogen-bond donors (Lipinski definition) is 0. The zero-order valence-corrected chi connectivity index (χ0v) is 15.5. The molecule has 0 aliphatic heterocycles. The number of halogens is 1. The van der Waals surface area contributed by atoms with E-state index in [1.807, 2.05) is 12.1 Å². The van der Waals surface area contributed by atoms with Gasteiger partial charge in [-0.1, -0.05) is 24.4 Å². The Morgan fingerprint density at radius 2 is 2.12 bits per heavy atom. The van der Waals surface area contributed by atoms with E-state index in [0.29, 0.717) is 39.9 Å². The Balaban J connectivity index is 1.90. The van der Waals surface area contributed by atoms with Crippen molar-refractivity contribution in [3.05, 3.63) is 45.6 Å². The Bertz CT molecular complexity index is 1040. The zero-order valence-electron chi connectivity index (χ0n) is 14.7. The molecule has 0 atom stereocenters. The molecule has 3 aromatic rings. The van der Waals surface area contributed by atoms with Crippen LogP contribution in [0, 0.1) is 12.8 Å². The second-order valence-corrected chi connectivity index (χ2v) is 7.03. The number of benzene rings is 1. The van der Waals surface area contributed by atoms with Crippen LogP contribution in [0.3, 0.4) is 0 Å². The highest BCUT2D eigenvalue weighted by Gasteiger charge is 2.22. The van der Waals surface area contributed by atoms with E-state index in [9.17, 15) is 4.79 Å². The van der Waals surface area contributed by atoms with Crippen molar-refractivity contribution >= 4 is 22.8 Å². The SMILES string of the molecule is COc1ccc(-c2ncnc3c2nc(C)c(=O)n3CCC2CC2)c(Cl)c1. The average Bonchev–Trinajstić information content (AvgIpc) is 3.46. The quantitative estimate of drug-likeness (QED) is 0.686. The number of fused-ring (bicyclic) bond motifs is 1. The summed E-state index contributed by atoms with van der Waals surface area (Å²) in [6.07, 6.45) is 4.94. The normalized spacial score (nSPS) is 14.0. The van der Waals surface area contributed by atoms with Crippen molar-refractivity contribution in [1.82, 2.24) is 19.5 Å². The number of aromatic nitrogens is 4. The third kappa shape index (κ3) is 3.05. The molecule has 0 N–H and O–H groups in total. The van der Waals surface area contributed by atoms with Gasteiger partial charge in [0.1, 0.15) is 29.0 Å². The molecule has 1 fully saturated rings. The van der Waals surface area contributed by atoms with Crippen LogP contribution in [-0.2, 0) is 6.54 Å². The Kier molecular flexibility index (Phi) is 4.36. The summed E-state index contributed by atoms with van der Waals surface area (Å²) in [5.41, 5.74) is 2.84. The Hall–Kier alpha value is -2.47. The number of hydrogen-bond acceptors (Lipinski definition) is 5. The highest BCUT2D eigenvalue weighted by Crippen LogP contribution is 2.34. The van der Waals surface area contributed by atoms with Crippen LogP contribution >= 0.6 is 11.6 Å². The molecule has 2 heterocycles. The van der Waals surface area contributed by atoms with Crippen LogP contribution in [0.2, 0.25) is 5.02 Å². The molecule has 4 rings (SSSR count). The summed E-state index contributed by atoms with van der Waals surface area (Å²) in [6, 6.07) is 5.41. The molecule has 6 nitrogen and oxygen atoms in total. The molecule has 1 aliphatic rings. The molecule has 1 aromatic carbocycles. The number of aryl methyl sites for hydroxylation is 2. The van der Waals surface area contributed by atoms with Gasteiger partial charge >= 0.3 is 0 Å².